The van der Waals surface area contributed by atoms with Crippen LogP contribution in [0, 0.1) is 0 Å². The SMILES string of the molecule is CCC(CC)N1C(=O)CC(NC(C)CCS(C)=O)C1=O. The molecule has 1 saturated heterocycles. The fraction of sp³-hybridized carbons (Fsp3) is 0.857. The summed E-state index contributed by atoms with van der Waals surface area (Å²) in [6.45, 7) is 5.95. The number of nitrogens with one attached hydrogen (secondary N) is 1. The van der Waals surface area contributed by atoms with Crippen molar-refractivity contribution in [2.75, 3.05) is 12.0 Å². The van der Waals surface area contributed by atoms with Crippen LogP contribution in [0.15, 0.2) is 0 Å². The van der Waals surface area contributed by atoms with Gasteiger partial charge in [-0.15, -0.1) is 0 Å². The van der Waals surface area contributed by atoms with Gasteiger partial charge in [0.2, 0.25) is 11.8 Å². The van der Waals surface area contributed by atoms with Crippen LogP contribution in [-0.4, -0.2) is 51.1 Å². The molecule has 1 N–H and O–H groups in total. The van der Waals surface area contributed by atoms with Crippen molar-refractivity contribution < 1.29 is 13.8 Å². The third-order valence-corrected chi connectivity index (χ3v) is 4.63. The molecule has 0 saturated carbocycles. The van der Waals surface area contributed by atoms with E-state index < -0.39 is 16.8 Å². The molecule has 0 aromatic heterocycles. The molecular formula is C14H26N2O3S. The summed E-state index contributed by atoms with van der Waals surface area (Å²) in [5.74, 6) is 0.430. The Labute approximate surface area is 123 Å². The first-order chi connectivity index (χ1) is 9.40. The molecule has 3 unspecified atom stereocenters. The van der Waals surface area contributed by atoms with Gasteiger partial charge in [-0.25, -0.2) is 0 Å². The zero-order valence-electron chi connectivity index (χ0n) is 12.8. The molecule has 0 bridgehead atoms. The molecule has 0 radical (unpaired) electrons. The van der Waals surface area contributed by atoms with Crippen LogP contribution in [0.3, 0.4) is 0 Å². The zero-order chi connectivity index (χ0) is 15.3. The minimum atomic E-state index is -0.824. The Bertz CT molecular complexity index is 383. The maximum absolute atomic E-state index is 12.3. The van der Waals surface area contributed by atoms with E-state index in [4.69, 9.17) is 0 Å². The quantitative estimate of drug-likeness (QED) is 0.681. The van der Waals surface area contributed by atoms with E-state index in [0.29, 0.717) is 5.75 Å². The summed E-state index contributed by atoms with van der Waals surface area (Å²) in [4.78, 5) is 25.8. The monoisotopic (exact) mass is 302 g/mol. The highest BCUT2D eigenvalue weighted by Crippen LogP contribution is 2.20. The Morgan fingerprint density at radius 1 is 1.35 bits per heavy atom. The van der Waals surface area contributed by atoms with E-state index in [1.807, 2.05) is 20.8 Å². The number of carbonyl (C=O) groups excluding carboxylic acids is 2. The van der Waals surface area contributed by atoms with Crippen LogP contribution in [0.2, 0.25) is 0 Å². The number of rotatable bonds is 8. The summed E-state index contributed by atoms with van der Waals surface area (Å²) in [5, 5.41) is 3.20. The van der Waals surface area contributed by atoms with Crippen LogP contribution >= 0.6 is 0 Å². The highest BCUT2D eigenvalue weighted by atomic mass is 32.2. The van der Waals surface area contributed by atoms with Gasteiger partial charge in [-0.05, 0) is 26.2 Å². The van der Waals surface area contributed by atoms with Gasteiger partial charge in [0, 0.05) is 34.9 Å². The number of hydrogen-bond acceptors (Lipinski definition) is 4. The first kappa shape index (κ1) is 17.3. The van der Waals surface area contributed by atoms with E-state index in [0.717, 1.165) is 19.3 Å². The summed E-state index contributed by atoms with van der Waals surface area (Å²) in [6.07, 6.45) is 4.25. The lowest BCUT2D eigenvalue weighted by Crippen LogP contribution is -2.46. The van der Waals surface area contributed by atoms with Gasteiger partial charge in [-0.3, -0.25) is 18.7 Å². The van der Waals surface area contributed by atoms with Gasteiger partial charge in [-0.2, -0.15) is 0 Å². The molecule has 0 aromatic carbocycles. The lowest BCUT2D eigenvalue weighted by molar-refractivity contribution is -0.141. The summed E-state index contributed by atoms with van der Waals surface area (Å²) in [5.41, 5.74) is 0. The van der Waals surface area contributed by atoms with Gasteiger partial charge in [0.15, 0.2) is 0 Å². The fourth-order valence-electron chi connectivity index (χ4n) is 2.59. The molecule has 20 heavy (non-hydrogen) atoms. The second kappa shape index (κ2) is 7.88. The lowest BCUT2D eigenvalue weighted by Gasteiger charge is -2.25. The van der Waals surface area contributed by atoms with Gasteiger partial charge in [0.1, 0.15) is 0 Å². The molecule has 0 aliphatic carbocycles. The van der Waals surface area contributed by atoms with E-state index in [1.165, 1.54) is 4.90 Å². The van der Waals surface area contributed by atoms with Crippen LogP contribution in [0.25, 0.3) is 0 Å². The highest BCUT2D eigenvalue weighted by molar-refractivity contribution is 7.84. The zero-order valence-corrected chi connectivity index (χ0v) is 13.7. The number of imide groups is 1. The maximum Gasteiger partial charge on any atom is 0.247 e. The average molecular weight is 302 g/mol. The summed E-state index contributed by atoms with van der Waals surface area (Å²) in [6, 6.07) is -0.314. The second-order valence-electron chi connectivity index (χ2n) is 5.46. The third kappa shape index (κ3) is 4.38. The number of hydrogen-bond donors (Lipinski definition) is 1. The molecule has 1 rings (SSSR count). The number of amides is 2. The molecule has 6 heteroatoms. The molecule has 5 nitrogen and oxygen atoms in total. The first-order valence-electron chi connectivity index (χ1n) is 7.32. The Balaban J connectivity index is 2.59. The van der Waals surface area contributed by atoms with Crippen molar-refractivity contribution in [2.24, 2.45) is 0 Å². The van der Waals surface area contributed by atoms with Gasteiger partial charge < -0.3 is 5.32 Å². The average Bonchev–Trinajstić information content (AvgIpc) is 2.65. The molecule has 116 valence electrons. The van der Waals surface area contributed by atoms with E-state index in [9.17, 15) is 13.8 Å². The van der Waals surface area contributed by atoms with E-state index in [-0.39, 0.29) is 30.3 Å². The third-order valence-electron chi connectivity index (χ3n) is 3.81. The largest absolute Gasteiger partial charge is 0.303 e. The molecule has 1 aliphatic heterocycles. The fourth-order valence-corrected chi connectivity index (χ4v) is 3.27. The van der Waals surface area contributed by atoms with Crippen molar-refractivity contribution in [2.45, 2.75) is 64.6 Å². The standard InChI is InChI=1S/C14H26N2O3S/c1-5-11(6-2)16-13(17)9-12(14(16)18)15-10(3)7-8-20(4)19/h10-12,15H,5-9H2,1-4H3. The number of carbonyl (C=O) groups is 2. The van der Waals surface area contributed by atoms with Gasteiger partial charge >= 0.3 is 0 Å². The summed E-state index contributed by atoms with van der Waals surface area (Å²) in [7, 11) is -0.824. The van der Waals surface area contributed by atoms with Gasteiger partial charge in [-0.1, -0.05) is 13.8 Å². The molecular weight excluding hydrogens is 276 g/mol. The molecule has 2 amide bonds. The smallest absolute Gasteiger partial charge is 0.247 e. The van der Waals surface area contributed by atoms with Crippen LogP contribution < -0.4 is 5.32 Å². The van der Waals surface area contributed by atoms with Gasteiger partial charge in [0.05, 0.1) is 12.5 Å². The molecule has 1 heterocycles. The number of likely N-dealkylation sites (tertiary alicyclic amines) is 1. The van der Waals surface area contributed by atoms with Crippen molar-refractivity contribution in [3.05, 3.63) is 0 Å². The van der Waals surface area contributed by atoms with E-state index in [1.54, 1.807) is 6.26 Å². The van der Waals surface area contributed by atoms with Crippen LogP contribution in [0.4, 0.5) is 0 Å². The predicted octanol–water partition coefficient (Wildman–Crippen LogP) is 1.05. The van der Waals surface area contributed by atoms with Crippen LogP contribution in [-0.2, 0) is 20.4 Å². The molecule has 3 atom stereocenters. The maximum atomic E-state index is 12.3. The Kier molecular flexibility index (Phi) is 6.82. The van der Waals surface area contributed by atoms with Crippen molar-refractivity contribution >= 4 is 22.6 Å². The second-order valence-corrected chi connectivity index (χ2v) is 7.02. The van der Waals surface area contributed by atoms with Crippen LogP contribution in [0.1, 0.15) is 46.5 Å². The molecule has 1 fully saturated rings. The lowest BCUT2D eigenvalue weighted by atomic mass is 10.1. The van der Waals surface area contributed by atoms with E-state index in [2.05, 4.69) is 5.32 Å². The predicted molar refractivity (Wildman–Crippen MR) is 80.8 cm³/mol. The molecule has 1 aliphatic rings. The van der Waals surface area contributed by atoms with E-state index >= 15 is 0 Å². The Hall–Kier alpha value is -0.750. The summed E-state index contributed by atoms with van der Waals surface area (Å²) < 4.78 is 11.1. The topological polar surface area (TPSA) is 66.5 Å². The number of nitrogens with zero attached hydrogens (tertiary/aromatic N) is 1. The minimum Gasteiger partial charge on any atom is -0.303 e. The van der Waals surface area contributed by atoms with Gasteiger partial charge in [0.25, 0.3) is 0 Å². The normalized spacial score (nSPS) is 22.6. The van der Waals surface area contributed by atoms with Crippen molar-refractivity contribution in [1.29, 1.82) is 0 Å². The summed E-state index contributed by atoms with van der Waals surface area (Å²) >= 11 is 0. The Morgan fingerprint density at radius 2 is 1.95 bits per heavy atom. The van der Waals surface area contributed by atoms with Crippen molar-refractivity contribution in [3.63, 3.8) is 0 Å². The highest BCUT2D eigenvalue weighted by Gasteiger charge is 2.41. The molecule has 0 aromatic rings. The Morgan fingerprint density at radius 3 is 2.45 bits per heavy atom. The van der Waals surface area contributed by atoms with Crippen molar-refractivity contribution in [1.82, 2.24) is 10.2 Å². The first-order valence-corrected chi connectivity index (χ1v) is 9.05. The van der Waals surface area contributed by atoms with Crippen molar-refractivity contribution in [3.8, 4) is 0 Å². The minimum absolute atomic E-state index is 0.0141. The molecule has 0 spiro atoms. The van der Waals surface area contributed by atoms with Crippen LogP contribution in [0.5, 0.6) is 0 Å².